The normalized spacial score (nSPS) is 9.15. The molecule has 0 amide bonds. The number of aliphatic hydroxyl groups excluding tert-OH is 2. The van der Waals surface area contributed by atoms with Gasteiger partial charge in [0, 0.05) is 13.2 Å². The Morgan fingerprint density at radius 3 is 0.654 bits per heavy atom. The van der Waals surface area contributed by atoms with Crippen LogP contribution in [0.1, 0.15) is 103 Å². The number of rotatable bonds is 17. The van der Waals surface area contributed by atoms with E-state index in [1.54, 1.807) is 0 Å². The molecule has 154 valence electrons. The summed E-state index contributed by atoms with van der Waals surface area (Å²) >= 11 is 0. The lowest BCUT2D eigenvalue weighted by atomic mass is 10.0. The van der Waals surface area contributed by atoms with Gasteiger partial charge in [-0.2, -0.15) is 0 Å². The second kappa shape index (κ2) is 34.9. The first-order valence-electron chi connectivity index (χ1n) is 10.0. The van der Waals surface area contributed by atoms with Crippen LogP contribution in [0.5, 0.6) is 0 Å². The van der Waals surface area contributed by atoms with E-state index < -0.39 is 0 Å². The van der Waals surface area contributed by atoms with Crippen molar-refractivity contribution in [2.45, 2.75) is 103 Å². The van der Waals surface area contributed by atoms with Crippen LogP contribution in [0, 0.1) is 10.8 Å². The van der Waals surface area contributed by atoms with Gasteiger partial charge in [0.05, 0.1) is 0 Å². The smallest absolute Gasteiger partial charge is 0.231 e. The molecule has 0 aliphatic rings. The predicted molar refractivity (Wildman–Crippen MR) is 105 cm³/mol. The third-order valence-electron chi connectivity index (χ3n) is 4.07. The first kappa shape index (κ1) is 29.4. The Morgan fingerprint density at radius 1 is 0.423 bits per heavy atom. The minimum atomic E-state index is 0.363. The molecule has 0 radical (unpaired) electrons. The molecular formula is C20H40N2O4. The Hall–Kier alpha value is -1.32. The van der Waals surface area contributed by atoms with E-state index in [1.807, 2.05) is 0 Å². The molecule has 0 atom stereocenters. The first-order valence-corrected chi connectivity index (χ1v) is 10.0. The second-order valence-electron chi connectivity index (χ2n) is 6.31. The molecule has 0 saturated carbocycles. The second-order valence-corrected chi connectivity index (χ2v) is 6.31. The Morgan fingerprint density at radius 2 is 0.538 bits per heavy atom. The molecule has 0 aliphatic carbocycles. The van der Waals surface area contributed by atoms with Crippen molar-refractivity contribution in [1.29, 1.82) is 10.8 Å². The van der Waals surface area contributed by atoms with E-state index in [4.69, 9.17) is 30.6 Å². The molecule has 0 aliphatic heterocycles. The van der Waals surface area contributed by atoms with E-state index in [-0.39, 0.29) is 0 Å². The van der Waals surface area contributed by atoms with Gasteiger partial charge in [0.1, 0.15) is 0 Å². The maximum absolute atomic E-state index is 8.67. The van der Waals surface area contributed by atoms with Gasteiger partial charge < -0.3 is 10.2 Å². The topological polar surface area (TPSA) is 122 Å². The van der Waals surface area contributed by atoms with Crippen molar-refractivity contribution in [1.82, 2.24) is 0 Å². The average Bonchev–Trinajstić information content (AvgIpc) is 2.63. The van der Waals surface area contributed by atoms with Gasteiger partial charge >= 0.3 is 0 Å². The Labute approximate surface area is 159 Å². The van der Waals surface area contributed by atoms with E-state index in [2.05, 4.69) is 0 Å². The van der Waals surface area contributed by atoms with Crippen molar-refractivity contribution in [3.63, 3.8) is 0 Å². The van der Waals surface area contributed by atoms with Crippen molar-refractivity contribution in [3.05, 3.63) is 0 Å². The monoisotopic (exact) mass is 372 g/mol. The summed E-state index contributed by atoms with van der Waals surface area (Å²) in [6.45, 7) is 0.725. The molecule has 4 N–H and O–H groups in total. The average molecular weight is 373 g/mol. The Balaban J connectivity index is -0.000000768. The number of carbonyl (C=O) groups excluding carboxylic acids is 2. The molecule has 0 aromatic rings. The summed E-state index contributed by atoms with van der Waals surface area (Å²) in [6, 6.07) is 0. The van der Waals surface area contributed by atoms with E-state index in [9.17, 15) is 0 Å². The van der Waals surface area contributed by atoms with Crippen LogP contribution in [0.25, 0.3) is 0 Å². The zero-order valence-corrected chi connectivity index (χ0v) is 16.4. The lowest BCUT2D eigenvalue weighted by Gasteiger charge is -2.03. The molecule has 0 aromatic heterocycles. The highest BCUT2D eigenvalue weighted by Crippen LogP contribution is 2.13. The summed E-state index contributed by atoms with van der Waals surface area (Å²) in [5, 5.41) is 28.1. The van der Waals surface area contributed by atoms with Crippen LogP contribution in [0.3, 0.4) is 0 Å². The van der Waals surface area contributed by atoms with Crippen LogP contribution >= 0.6 is 0 Å². The SMILES string of the molecule is N=C=O.N=C=O.OCCCCCCCCCCCCCCCCCCO. The van der Waals surface area contributed by atoms with Crippen LogP contribution in [-0.2, 0) is 9.59 Å². The highest BCUT2D eigenvalue weighted by Gasteiger charge is 1.94. The van der Waals surface area contributed by atoms with Gasteiger partial charge in [-0.3, -0.25) is 0 Å². The molecule has 26 heavy (non-hydrogen) atoms. The van der Waals surface area contributed by atoms with E-state index in [0.717, 1.165) is 25.0 Å². The number of hydrogen-bond donors (Lipinski definition) is 4. The van der Waals surface area contributed by atoms with Gasteiger partial charge in [0.2, 0.25) is 12.2 Å². The van der Waals surface area contributed by atoms with E-state index >= 15 is 0 Å². The molecule has 0 spiro atoms. The largest absolute Gasteiger partial charge is 0.396 e. The van der Waals surface area contributed by atoms with Crippen LogP contribution in [0.15, 0.2) is 0 Å². The van der Waals surface area contributed by atoms with Gasteiger partial charge in [-0.1, -0.05) is 89.9 Å². The summed E-state index contributed by atoms with van der Waals surface area (Å²) in [5.74, 6) is 0. The number of hydrogen-bond acceptors (Lipinski definition) is 6. The lowest BCUT2D eigenvalue weighted by molar-refractivity contribution is 0.282. The molecule has 6 heteroatoms. The van der Waals surface area contributed by atoms with Crippen molar-refractivity contribution in [2.24, 2.45) is 0 Å². The zero-order valence-electron chi connectivity index (χ0n) is 16.4. The van der Waals surface area contributed by atoms with Gasteiger partial charge in [-0.25, -0.2) is 20.4 Å². The predicted octanol–water partition coefficient (Wildman–Crippen LogP) is 5.01. The van der Waals surface area contributed by atoms with E-state index in [1.165, 1.54) is 89.9 Å². The maximum Gasteiger partial charge on any atom is 0.231 e. The van der Waals surface area contributed by atoms with Crippen LogP contribution in [0.4, 0.5) is 0 Å². The zero-order chi connectivity index (χ0) is 20.1. The number of isocyanates is 2. The Kier molecular flexibility index (Phi) is 39.5. The quantitative estimate of drug-likeness (QED) is 0.163. The molecular weight excluding hydrogens is 332 g/mol. The van der Waals surface area contributed by atoms with Crippen LogP contribution < -0.4 is 0 Å². The van der Waals surface area contributed by atoms with E-state index in [0.29, 0.717) is 13.2 Å². The summed E-state index contributed by atoms with van der Waals surface area (Å²) < 4.78 is 0. The van der Waals surface area contributed by atoms with Crippen molar-refractivity contribution >= 4 is 12.2 Å². The maximum atomic E-state index is 8.67. The molecule has 0 saturated heterocycles. The fraction of sp³-hybridized carbons (Fsp3) is 0.900. The van der Waals surface area contributed by atoms with Crippen LogP contribution in [-0.4, -0.2) is 35.6 Å². The molecule has 0 aromatic carbocycles. The first-order chi connectivity index (χ1) is 12.7. The summed E-state index contributed by atoms with van der Waals surface area (Å²) in [7, 11) is 0. The number of nitrogens with one attached hydrogen (secondary N) is 2. The minimum Gasteiger partial charge on any atom is -0.396 e. The fourth-order valence-electron chi connectivity index (χ4n) is 2.70. The molecule has 0 bridgehead atoms. The summed E-state index contributed by atoms with van der Waals surface area (Å²) in [4.78, 5) is 16.7. The third-order valence-corrected chi connectivity index (χ3v) is 4.07. The highest BCUT2D eigenvalue weighted by molar-refractivity contribution is 5.26. The van der Waals surface area contributed by atoms with Crippen molar-refractivity contribution in [3.8, 4) is 0 Å². The molecule has 6 nitrogen and oxygen atoms in total. The van der Waals surface area contributed by atoms with Gasteiger partial charge in [0.15, 0.2) is 0 Å². The number of aliphatic hydroxyl groups is 2. The number of unbranched alkanes of at least 4 members (excludes halogenated alkanes) is 15. The van der Waals surface area contributed by atoms with Gasteiger partial charge in [-0.05, 0) is 12.8 Å². The molecule has 0 heterocycles. The fourth-order valence-corrected chi connectivity index (χ4v) is 2.70. The summed E-state index contributed by atoms with van der Waals surface area (Å²) in [6.07, 6.45) is 22.4. The standard InChI is InChI=1S/C18H38O2.2CHNO/c19-17-15-13-11-9-7-5-3-1-2-4-6-8-10-12-14-16-18-20;2*2-1-3/h19-20H,1-18H2;2*2H. The minimum absolute atomic E-state index is 0.363. The molecule has 0 fully saturated rings. The molecule has 0 rings (SSSR count). The van der Waals surface area contributed by atoms with Crippen molar-refractivity contribution < 1.29 is 19.8 Å². The van der Waals surface area contributed by atoms with Gasteiger partial charge in [-0.15, -0.1) is 0 Å². The van der Waals surface area contributed by atoms with Crippen molar-refractivity contribution in [2.75, 3.05) is 13.2 Å². The molecule has 0 unspecified atom stereocenters. The van der Waals surface area contributed by atoms with Crippen LogP contribution in [0.2, 0.25) is 0 Å². The van der Waals surface area contributed by atoms with Gasteiger partial charge in [0.25, 0.3) is 0 Å². The lowest BCUT2D eigenvalue weighted by Crippen LogP contribution is -1.85. The highest BCUT2D eigenvalue weighted by atomic mass is 16.3. The summed E-state index contributed by atoms with van der Waals surface area (Å²) in [5.41, 5.74) is 0. The third kappa shape index (κ3) is 43.4. The Bertz CT molecular complexity index is 270.